The molecular formula is C23H25ClN6O4. The van der Waals surface area contributed by atoms with E-state index in [1.54, 1.807) is 12.1 Å². The van der Waals surface area contributed by atoms with Crippen LogP contribution in [0.3, 0.4) is 0 Å². The van der Waals surface area contributed by atoms with Crippen LogP contribution in [0.1, 0.15) is 25.8 Å². The Morgan fingerprint density at radius 3 is 2.29 bits per heavy atom. The highest BCUT2D eigenvalue weighted by molar-refractivity contribution is 6.30. The molecular weight excluding hydrogens is 460 g/mol. The van der Waals surface area contributed by atoms with E-state index in [4.69, 9.17) is 16.1 Å². The summed E-state index contributed by atoms with van der Waals surface area (Å²) in [7, 11) is 0. The van der Waals surface area contributed by atoms with Gasteiger partial charge in [0, 0.05) is 54.6 Å². The number of nitrogens with one attached hydrogen (secondary N) is 1. The maximum atomic E-state index is 12.7. The number of hydrogen-bond acceptors (Lipinski definition) is 8. The van der Waals surface area contributed by atoms with Crippen LogP contribution >= 0.6 is 11.6 Å². The maximum absolute atomic E-state index is 12.7. The van der Waals surface area contributed by atoms with Crippen LogP contribution in [0.5, 0.6) is 0 Å². The van der Waals surface area contributed by atoms with Crippen molar-refractivity contribution in [2.24, 2.45) is 0 Å². The van der Waals surface area contributed by atoms with Crippen molar-refractivity contribution in [3.05, 3.63) is 69.6 Å². The third-order valence-electron chi connectivity index (χ3n) is 6.07. The fourth-order valence-electron chi connectivity index (χ4n) is 3.87. The van der Waals surface area contributed by atoms with Gasteiger partial charge < -0.3 is 9.84 Å². The predicted molar refractivity (Wildman–Crippen MR) is 127 cm³/mol. The standard InChI is InChI=1S/C23H25ClN6O4/c1-15(22(31)25-19-7-9-20(10-8-19)30(32)33)28-11-13-29(14-12-28)16(2)23-26-21(27-34-23)17-3-5-18(24)6-4-17/h3-10,15-16H,11-14H2,1-2H3,(H,25,31)/t15-,16+/m0/s1. The van der Waals surface area contributed by atoms with Crippen LogP contribution in [0.4, 0.5) is 11.4 Å². The van der Waals surface area contributed by atoms with E-state index in [1.807, 2.05) is 26.0 Å². The molecule has 11 heteroatoms. The molecule has 2 aromatic carbocycles. The average Bonchev–Trinajstić information content (AvgIpc) is 3.34. The summed E-state index contributed by atoms with van der Waals surface area (Å²) >= 11 is 5.94. The van der Waals surface area contributed by atoms with Crippen LogP contribution in [0.15, 0.2) is 53.1 Å². The Hall–Kier alpha value is -3.34. The molecule has 2 atom stereocenters. The highest BCUT2D eigenvalue weighted by Crippen LogP contribution is 2.25. The number of carbonyl (C=O) groups excluding carboxylic acids is 1. The molecule has 0 unspecified atom stereocenters. The van der Waals surface area contributed by atoms with Crippen molar-refractivity contribution >= 4 is 28.9 Å². The molecule has 178 valence electrons. The number of hydrogen-bond donors (Lipinski definition) is 1. The van der Waals surface area contributed by atoms with E-state index in [9.17, 15) is 14.9 Å². The normalized spacial score (nSPS) is 16.7. The van der Waals surface area contributed by atoms with Crippen LogP contribution < -0.4 is 5.32 Å². The number of nitrogens with zero attached hydrogens (tertiary/aromatic N) is 5. The van der Waals surface area contributed by atoms with Gasteiger partial charge in [-0.25, -0.2) is 0 Å². The molecule has 0 bridgehead atoms. The minimum atomic E-state index is -0.471. The third kappa shape index (κ3) is 5.41. The van der Waals surface area contributed by atoms with Gasteiger partial charge in [-0.1, -0.05) is 16.8 Å². The smallest absolute Gasteiger partial charge is 0.269 e. The van der Waals surface area contributed by atoms with Crippen molar-refractivity contribution in [2.45, 2.75) is 25.9 Å². The van der Waals surface area contributed by atoms with Crippen LogP contribution in [-0.4, -0.2) is 63.0 Å². The molecule has 34 heavy (non-hydrogen) atoms. The first-order chi connectivity index (χ1) is 16.3. The summed E-state index contributed by atoms with van der Waals surface area (Å²) < 4.78 is 5.51. The van der Waals surface area contributed by atoms with E-state index in [0.717, 1.165) is 18.7 Å². The monoisotopic (exact) mass is 484 g/mol. The summed E-state index contributed by atoms with van der Waals surface area (Å²) in [5, 5.41) is 18.4. The quantitative estimate of drug-likeness (QED) is 0.395. The minimum Gasteiger partial charge on any atom is -0.337 e. The van der Waals surface area contributed by atoms with Gasteiger partial charge >= 0.3 is 0 Å². The van der Waals surface area contributed by atoms with Crippen molar-refractivity contribution < 1.29 is 14.2 Å². The number of benzene rings is 2. The van der Waals surface area contributed by atoms with E-state index in [-0.39, 0.29) is 23.7 Å². The van der Waals surface area contributed by atoms with Gasteiger partial charge in [0.2, 0.25) is 17.6 Å². The van der Waals surface area contributed by atoms with Crippen LogP contribution in [0, 0.1) is 10.1 Å². The second-order valence-electron chi connectivity index (χ2n) is 8.18. The molecule has 0 spiro atoms. The van der Waals surface area contributed by atoms with Gasteiger partial charge in [0.05, 0.1) is 17.0 Å². The zero-order chi connectivity index (χ0) is 24.2. The van der Waals surface area contributed by atoms with Gasteiger partial charge in [-0.05, 0) is 50.2 Å². The topological polar surface area (TPSA) is 118 Å². The lowest BCUT2D eigenvalue weighted by Gasteiger charge is -2.39. The number of rotatable bonds is 7. The number of piperazine rings is 1. The lowest BCUT2D eigenvalue weighted by atomic mass is 10.1. The zero-order valence-corrected chi connectivity index (χ0v) is 19.6. The van der Waals surface area contributed by atoms with E-state index < -0.39 is 4.92 Å². The van der Waals surface area contributed by atoms with Crippen molar-refractivity contribution in [1.82, 2.24) is 19.9 Å². The van der Waals surface area contributed by atoms with E-state index in [1.165, 1.54) is 24.3 Å². The molecule has 1 saturated heterocycles. The van der Waals surface area contributed by atoms with Gasteiger partial charge in [0.25, 0.3) is 5.69 Å². The third-order valence-corrected chi connectivity index (χ3v) is 6.32. The van der Waals surface area contributed by atoms with Gasteiger partial charge in [0.1, 0.15) is 0 Å². The molecule has 4 rings (SSSR count). The Bertz CT molecular complexity index is 1140. The van der Waals surface area contributed by atoms with Crippen molar-refractivity contribution in [3.63, 3.8) is 0 Å². The lowest BCUT2D eigenvalue weighted by molar-refractivity contribution is -0.384. The number of carbonyl (C=O) groups is 1. The molecule has 1 aromatic heterocycles. The zero-order valence-electron chi connectivity index (χ0n) is 18.8. The first-order valence-corrected chi connectivity index (χ1v) is 11.3. The first-order valence-electron chi connectivity index (χ1n) is 10.9. The number of halogens is 1. The van der Waals surface area contributed by atoms with E-state index in [0.29, 0.717) is 35.5 Å². The Labute approximate surface area is 201 Å². The number of amides is 1. The summed E-state index contributed by atoms with van der Waals surface area (Å²) in [4.78, 5) is 31.9. The van der Waals surface area contributed by atoms with Gasteiger partial charge in [0.15, 0.2) is 0 Å². The number of anilines is 1. The summed E-state index contributed by atoms with van der Waals surface area (Å²) in [6, 6.07) is 12.7. The predicted octanol–water partition coefficient (Wildman–Crippen LogP) is 4.00. The molecule has 2 heterocycles. The number of aromatic nitrogens is 2. The SMILES string of the molecule is C[C@H](c1nc(-c2ccc(Cl)cc2)no1)N1CCN([C@@H](C)C(=O)Nc2ccc([N+](=O)[O-])cc2)CC1. The van der Waals surface area contributed by atoms with Gasteiger partial charge in [-0.15, -0.1) is 0 Å². The molecule has 10 nitrogen and oxygen atoms in total. The molecule has 3 aromatic rings. The Morgan fingerprint density at radius 1 is 1.06 bits per heavy atom. The second kappa shape index (κ2) is 10.3. The highest BCUT2D eigenvalue weighted by atomic mass is 35.5. The molecule has 0 aliphatic carbocycles. The maximum Gasteiger partial charge on any atom is 0.269 e. The Balaban J connectivity index is 1.30. The van der Waals surface area contributed by atoms with Gasteiger partial charge in [-0.3, -0.25) is 24.7 Å². The van der Waals surface area contributed by atoms with Crippen molar-refractivity contribution in [2.75, 3.05) is 31.5 Å². The molecule has 1 amide bonds. The number of nitro groups is 1. The van der Waals surface area contributed by atoms with Gasteiger partial charge in [-0.2, -0.15) is 4.98 Å². The molecule has 1 aliphatic rings. The molecule has 1 aliphatic heterocycles. The Kier molecular flexibility index (Phi) is 7.20. The molecule has 1 fully saturated rings. The van der Waals surface area contributed by atoms with E-state index in [2.05, 4.69) is 25.3 Å². The Morgan fingerprint density at radius 2 is 1.68 bits per heavy atom. The fourth-order valence-corrected chi connectivity index (χ4v) is 3.99. The summed E-state index contributed by atoms with van der Waals surface area (Å²) in [5.41, 5.74) is 1.35. The number of nitro benzene ring substituents is 1. The van der Waals surface area contributed by atoms with Crippen molar-refractivity contribution in [3.8, 4) is 11.4 Å². The highest BCUT2D eigenvalue weighted by Gasteiger charge is 2.30. The van der Waals surface area contributed by atoms with E-state index >= 15 is 0 Å². The molecule has 1 N–H and O–H groups in total. The first kappa shape index (κ1) is 23.8. The second-order valence-corrected chi connectivity index (χ2v) is 8.62. The summed E-state index contributed by atoms with van der Waals surface area (Å²) in [6.45, 7) is 6.79. The van der Waals surface area contributed by atoms with Crippen LogP contribution in [-0.2, 0) is 4.79 Å². The lowest BCUT2D eigenvalue weighted by Crippen LogP contribution is -2.53. The summed E-state index contributed by atoms with van der Waals surface area (Å²) in [6.07, 6.45) is 0. The summed E-state index contributed by atoms with van der Waals surface area (Å²) in [5.74, 6) is 0.913. The fraction of sp³-hybridized carbons (Fsp3) is 0.348. The number of non-ortho nitro benzene ring substituents is 1. The van der Waals surface area contributed by atoms with Crippen LogP contribution in [0.25, 0.3) is 11.4 Å². The minimum absolute atomic E-state index is 0.0159. The van der Waals surface area contributed by atoms with Crippen LogP contribution in [0.2, 0.25) is 5.02 Å². The molecule has 0 radical (unpaired) electrons. The molecule has 0 saturated carbocycles. The van der Waals surface area contributed by atoms with Crippen molar-refractivity contribution in [1.29, 1.82) is 0 Å². The average molecular weight is 485 g/mol. The largest absolute Gasteiger partial charge is 0.337 e.